The Kier molecular flexibility index (Phi) is 6.28. The van der Waals surface area contributed by atoms with Crippen LogP contribution >= 0.6 is 11.8 Å². The first kappa shape index (κ1) is 21.0. The Morgan fingerprint density at radius 2 is 1.77 bits per heavy atom. The minimum Gasteiger partial charge on any atom is -0.484 e. The number of carbonyl (C=O) groups excluding carboxylic acids is 2. The number of nitrogens with one attached hydrogen (secondary N) is 1. The SMILES string of the molecule is Cc1cccc(N2C(=O)CSC2c2ccc(NC(=O)COc3ccccc3)cc2)c1C. The number of hydrogen-bond acceptors (Lipinski definition) is 4. The lowest BCUT2D eigenvalue weighted by Crippen LogP contribution is -2.28. The molecule has 5 nitrogen and oxygen atoms in total. The molecule has 1 aliphatic heterocycles. The van der Waals surface area contributed by atoms with Gasteiger partial charge >= 0.3 is 0 Å². The first-order valence-electron chi connectivity index (χ1n) is 10.1. The molecule has 2 amide bonds. The fourth-order valence-corrected chi connectivity index (χ4v) is 4.69. The van der Waals surface area contributed by atoms with E-state index in [1.54, 1.807) is 11.8 Å². The maximum atomic E-state index is 12.7. The Morgan fingerprint density at radius 3 is 2.52 bits per heavy atom. The fraction of sp³-hybridized carbons (Fsp3) is 0.200. The van der Waals surface area contributed by atoms with E-state index in [1.165, 1.54) is 0 Å². The van der Waals surface area contributed by atoms with Crippen LogP contribution in [0.1, 0.15) is 22.1 Å². The third-order valence-electron chi connectivity index (χ3n) is 5.30. The van der Waals surface area contributed by atoms with Crippen molar-refractivity contribution in [3.63, 3.8) is 0 Å². The molecule has 1 fully saturated rings. The number of anilines is 2. The van der Waals surface area contributed by atoms with Gasteiger partial charge in [-0.15, -0.1) is 11.8 Å². The molecule has 1 saturated heterocycles. The van der Waals surface area contributed by atoms with E-state index in [0.717, 1.165) is 22.4 Å². The number of benzene rings is 3. The van der Waals surface area contributed by atoms with E-state index in [9.17, 15) is 9.59 Å². The van der Waals surface area contributed by atoms with E-state index in [4.69, 9.17) is 4.74 Å². The van der Waals surface area contributed by atoms with Crippen LogP contribution in [0.5, 0.6) is 5.75 Å². The molecule has 1 aliphatic rings. The maximum absolute atomic E-state index is 12.7. The van der Waals surface area contributed by atoms with Crippen LogP contribution in [0, 0.1) is 13.8 Å². The fourth-order valence-electron chi connectivity index (χ4n) is 3.52. The van der Waals surface area contributed by atoms with Crippen LogP contribution in [0.25, 0.3) is 0 Å². The third kappa shape index (κ3) is 4.75. The second-order valence-corrected chi connectivity index (χ2v) is 8.49. The summed E-state index contributed by atoms with van der Waals surface area (Å²) in [5, 5.41) is 2.76. The van der Waals surface area contributed by atoms with Crippen LogP contribution < -0.4 is 15.0 Å². The molecule has 1 atom stereocenters. The summed E-state index contributed by atoms with van der Waals surface area (Å²) >= 11 is 1.62. The molecule has 1 N–H and O–H groups in total. The zero-order chi connectivity index (χ0) is 21.8. The van der Waals surface area contributed by atoms with Crippen molar-refractivity contribution in [1.82, 2.24) is 0 Å². The van der Waals surface area contributed by atoms with Crippen molar-refractivity contribution in [2.24, 2.45) is 0 Å². The van der Waals surface area contributed by atoms with Crippen molar-refractivity contribution >= 4 is 35.0 Å². The normalized spacial score (nSPS) is 15.7. The van der Waals surface area contributed by atoms with E-state index in [2.05, 4.69) is 18.3 Å². The van der Waals surface area contributed by atoms with Crippen molar-refractivity contribution in [3.8, 4) is 5.75 Å². The molecule has 31 heavy (non-hydrogen) atoms. The summed E-state index contributed by atoms with van der Waals surface area (Å²) < 4.78 is 5.48. The summed E-state index contributed by atoms with van der Waals surface area (Å²) in [5.74, 6) is 0.994. The van der Waals surface area contributed by atoms with E-state index < -0.39 is 0 Å². The van der Waals surface area contributed by atoms with Crippen molar-refractivity contribution in [2.75, 3.05) is 22.6 Å². The topological polar surface area (TPSA) is 58.6 Å². The molecule has 3 aromatic carbocycles. The monoisotopic (exact) mass is 432 g/mol. The molecule has 3 aromatic rings. The van der Waals surface area contributed by atoms with Gasteiger partial charge in [-0.25, -0.2) is 0 Å². The minimum absolute atomic E-state index is 0.0564. The third-order valence-corrected chi connectivity index (χ3v) is 6.51. The number of amides is 2. The van der Waals surface area contributed by atoms with E-state index in [0.29, 0.717) is 17.2 Å². The van der Waals surface area contributed by atoms with Gasteiger partial charge in [-0.3, -0.25) is 14.5 Å². The predicted molar refractivity (Wildman–Crippen MR) is 126 cm³/mol. The summed E-state index contributed by atoms with van der Waals surface area (Å²) in [6.45, 7) is 4.05. The lowest BCUT2D eigenvalue weighted by atomic mass is 10.1. The molecular formula is C25H24N2O3S. The Labute approximate surface area is 186 Å². The van der Waals surface area contributed by atoms with Crippen molar-refractivity contribution in [1.29, 1.82) is 0 Å². The van der Waals surface area contributed by atoms with Gasteiger partial charge in [0.05, 0.1) is 5.75 Å². The minimum atomic E-state index is -0.223. The van der Waals surface area contributed by atoms with Gasteiger partial charge in [0, 0.05) is 11.4 Å². The molecule has 0 radical (unpaired) electrons. The van der Waals surface area contributed by atoms with Gasteiger partial charge < -0.3 is 10.1 Å². The molecular weight excluding hydrogens is 408 g/mol. The van der Waals surface area contributed by atoms with Crippen LogP contribution in [0.2, 0.25) is 0 Å². The number of aryl methyl sites for hydroxylation is 1. The lowest BCUT2D eigenvalue weighted by Gasteiger charge is -2.26. The van der Waals surface area contributed by atoms with Gasteiger partial charge in [0.15, 0.2) is 6.61 Å². The van der Waals surface area contributed by atoms with Gasteiger partial charge in [0.2, 0.25) is 5.91 Å². The highest BCUT2D eigenvalue weighted by atomic mass is 32.2. The summed E-state index contributed by atoms with van der Waals surface area (Å²) in [5.41, 5.74) is 4.95. The molecule has 1 heterocycles. The number of nitrogens with zero attached hydrogens (tertiary/aromatic N) is 1. The average Bonchev–Trinajstić information content (AvgIpc) is 3.16. The average molecular weight is 433 g/mol. The number of hydrogen-bond donors (Lipinski definition) is 1. The quantitative estimate of drug-likeness (QED) is 0.589. The van der Waals surface area contributed by atoms with Crippen molar-refractivity contribution in [3.05, 3.63) is 89.5 Å². The Hall–Kier alpha value is -3.25. The summed E-state index contributed by atoms with van der Waals surface area (Å²) in [6, 6.07) is 22.9. The molecule has 1 unspecified atom stereocenters. The molecule has 158 valence electrons. The van der Waals surface area contributed by atoms with Crippen LogP contribution in [0.4, 0.5) is 11.4 Å². The molecule has 0 aromatic heterocycles. The number of para-hydroxylation sites is 1. The highest BCUT2D eigenvalue weighted by molar-refractivity contribution is 8.00. The molecule has 0 bridgehead atoms. The molecule has 4 rings (SSSR count). The van der Waals surface area contributed by atoms with E-state index >= 15 is 0 Å². The standard InChI is InChI=1S/C25H24N2O3S/c1-17-7-6-10-22(18(17)2)27-24(29)16-31-25(27)19-11-13-20(14-12-19)26-23(28)15-30-21-8-4-3-5-9-21/h3-14,25H,15-16H2,1-2H3,(H,26,28). The second kappa shape index (κ2) is 9.27. The number of ether oxygens (including phenoxy) is 1. The Balaban J connectivity index is 1.44. The van der Waals surface area contributed by atoms with Crippen molar-refractivity contribution in [2.45, 2.75) is 19.2 Å². The first-order valence-corrected chi connectivity index (χ1v) is 11.2. The number of carbonyl (C=O) groups is 2. The number of thioether (sulfide) groups is 1. The van der Waals surface area contributed by atoms with Crippen LogP contribution in [0.3, 0.4) is 0 Å². The van der Waals surface area contributed by atoms with E-state index in [-0.39, 0.29) is 23.8 Å². The molecule has 0 aliphatic carbocycles. The Morgan fingerprint density at radius 1 is 1.03 bits per heavy atom. The van der Waals surface area contributed by atoms with Gasteiger partial charge in [0.25, 0.3) is 5.91 Å². The van der Waals surface area contributed by atoms with E-state index in [1.807, 2.05) is 78.6 Å². The lowest BCUT2D eigenvalue weighted by molar-refractivity contribution is -0.118. The van der Waals surface area contributed by atoms with Crippen LogP contribution in [-0.2, 0) is 9.59 Å². The zero-order valence-corrected chi connectivity index (χ0v) is 18.3. The maximum Gasteiger partial charge on any atom is 0.262 e. The zero-order valence-electron chi connectivity index (χ0n) is 17.5. The first-order chi connectivity index (χ1) is 15.0. The Bertz CT molecular complexity index is 1080. The summed E-state index contributed by atoms with van der Waals surface area (Å²) in [6.07, 6.45) is 0. The van der Waals surface area contributed by atoms with Crippen LogP contribution in [-0.4, -0.2) is 24.2 Å². The summed E-state index contributed by atoms with van der Waals surface area (Å²) in [4.78, 5) is 26.7. The number of rotatable bonds is 6. The highest BCUT2D eigenvalue weighted by Crippen LogP contribution is 2.43. The largest absolute Gasteiger partial charge is 0.484 e. The van der Waals surface area contributed by atoms with Gasteiger partial charge in [-0.2, -0.15) is 0 Å². The molecule has 6 heteroatoms. The van der Waals surface area contributed by atoms with Gasteiger partial charge in [-0.05, 0) is 60.9 Å². The highest BCUT2D eigenvalue weighted by Gasteiger charge is 2.34. The summed E-state index contributed by atoms with van der Waals surface area (Å²) in [7, 11) is 0. The second-order valence-electron chi connectivity index (χ2n) is 7.42. The van der Waals surface area contributed by atoms with Gasteiger partial charge in [0.1, 0.15) is 11.1 Å². The molecule has 0 spiro atoms. The molecule has 0 saturated carbocycles. The van der Waals surface area contributed by atoms with Crippen molar-refractivity contribution < 1.29 is 14.3 Å². The van der Waals surface area contributed by atoms with Gasteiger partial charge in [-0.1, -0.05) is 42.5 Å². The van der Waals surface area contributed by atoms with Crippen LogP contribution in [0.15, 0.2) is 72.8 Å². The predicted octanol–water partition coefficient (Wildman–Crippen LogP) is 5.10. The smallest absolute Gasteiger partial charge is 0.262 e.